The SMILES string of the molecule is CC1=CC(c2nc(C(F)(F)F)cn2-c2ccc(S(N)(=O)=O)cc2)=CN=CC1. The van der Waals surface area contributed by atoms with E-state index in [0.717, 1.165) is 11.8 Å². The molecule has 0 amide bonds. The fraction of sp³-hybridized carbons (Fsp3) is 0.176. The number of nitrogens with two attached hydrogens (primary N) is 1. The molecule has 0 unspecified atom stereocenters. The number of imidazole rings is 1. The van der Waals surface area contributed by atoms with Crippen LogP contribution >= 0.6 is 0 Å². The van der Waals surface area contributed by atoms with E-state index in [1.165, 1.54) is 35.0 Å². The zero-order chi connectivity index (χ0) is 19.8. The Morgan fingerprint density at radius 2 is 1.85 bits per heavy atom. The number of benzene rings is 1. The van der Waals surface area contributed by atoms with E-state index in [2.05, 4.69) is 9.98 Å². The maximum absolute atomic E-state index is 13.2. The number of nitrogens with zero attached hydrogens (tertiary/aromatic N) is 3. The molecule has 6 nitrogen and oxygen atoms in total. The van der Waals surface area contributed by atoms with Gasteiger partial charge in [-0.3, -0.25) is 9.56 Å². The molecule has 1 aromatic heterocycles. The van der Waals surface area contributed by atoms with Gasteiger partial charge in [0.25, 0.3) is 0 Å². The molecule has 0 saturated carbocycles. The normalized spacial score (nSPS) is 15.3. The number of halogens is 3. The minimum atomic E-state index is -4.63. The lowest BCUT2D eigenvalue weighted by Crippen LogP contribution is -2.12. The molecule has 0 atom stereocenters. The summed E-state index contributed by atoms with van der Waals surface area (Å²) in [5.41, 5.74) is 0.566. The molecule has 3 rings (SSSR count). The van der Waals surface area contributed by atoms with Gasteiger partial charge in [-0.15, -0.1) is 0 Å². The predicted octanol–water partition coefficient (Wildman–Crippen LogP) is 3.30. The largest absolute Gasteiger partial charge is 0.434 e. The molecule has 1 aliphatic heterocycles. The third kappa shape index (κ3) is 4.17. The van der Waals surface area contributed by atoms with Gasteiger partial charge in [-0.1, -0.05) is 11.6 Å². The van der Waals surface area contributed by atoms with E-state index in [1.54, 1.807) is 12.3 Å². The third-order valence-electron chi connectivity index (χ3n) is 3.83. The van der Waals surface area contributed by atoms with Crippen molar-refractivity contribution in [2.24, 2.45) is 10.1 Å². The van der Waals surface area contributed by atoms with E-state index in [1.807, 2.05) is 6.92 Å². The van der Waals surface area contributed by atoms with Crippen molar-refractivity contribution in [1.29, 1.82) is 0 Å². The first-order valence-corrected chi connectivity index (χ1v) is 9.29. The number of allylic oxidation sites excluding steroid dienone is 3. The van der Waals surface area contributed by atoms with Crippen molar-refractivity contribution >= 4 is 21.8 Å². The van der Waals surface area contributed by atoms with Crippen LogP contribution in [0.1, 0.15) is 24.9 Å². The smallest absolute Gasteiger partial charge is 0.299 e. The lowest BCUT2D eigenvalue weighted by atomic mass is 10.1. The topological polar surface area (TPSA) is 90.3 Å². The van der Waals surface area contributed by atoms with Gasteiger partial charge in [-0.2, -0.15) is 13.2 Å². The van der Waals surface area contributed by atoms with Gasteiger partial charge >= 0.3 is 6.18 Å². The van der Waals surface area contributed by atoms with Crippen LogP contribution in [0.5, 0.6) is 0 Å². The summed E-state index contributed by atoms with van der Waals surface area (Å²) in [7, 11) is -3.91. The molecule has 10 heteroatoms. The van der Waals surface area contributed by atoms with E-state index in [-0.39, 0.29) is 10.7 Å². The molecule has 0 aliphatic carbocycles. The highest BCUT2D eigenvalue weighted by Crippen LogP contribution is 2.32. The summed E-state index contributed by atoms with van der Waals surface area (Å²) in [6.45, 7) is 1.84. The Balaban J connectivity index is 2.17. The molecule has 0 radical (unpaired) electrons. The minimum Gasteiger partial charge on any atom is -0.299 e. The zero-order valence-electron chi connectivity index (χ0n) is 14.1. The molecular weight excluding hydrogens is 381 g/mol. The number of primary sulfonamides is 1. The Morgan fingerprint density at radius 3 is 2.44 bits per heavy atom. The monoisotopic (exact) mass is 396 g/mol. The highest BCUT2D eigenvalue weighted by molar-refractivity contribution is 7.89. The summed E-state index contributed by atoms with van der Waals surface area (Å²) in [6.07, 6.45) is 1.61. The van der Waals surface area contributed by atoms with Crippen molar-refractivity contribution in [3.8, 4) is 5.69 Å². The van der Waals surface area contributed by atoms with Gasteiger partial charge in [0.1, 0.15) is 5.82 Å². The van der Waals surface area contributed by atoms with Crippen molar-refractivity contribution < 1.29 is 21.6 Å². The molecule has 142 valence electrons. The molecule has 0 spiro atoms. The van der Waals surface area contributed by atoms with Crippen LogP contribution in [0.4, 0.5) is 13.2 Å². The van der Waals surface area contributed by atoms with Crippen LogP contribution in [0.15, 0.2) is 58.2 Å². The fourth-order valence-electron chi connectivity index (χ4n) is 2.53. The van der Waals surface area contributed by atoms with E-state index in [4.69, 9.17) is 5.14 Å². The maximum Gasteiger partial charge on any atom is 0.434 e. The number of aromatic nitrogens is 2. The first-order valence-electron chi connectivity index (χ1n) is 7.75. The molecule has 27 heavy (non-hydrogen) atoms. The Labute approximate surface area is 153 Å². The Morgan fingerprint density at radius 1 is 1.19 bits per heavy atom. The van der Waals surface area contributed by atoms with E-state index < -0.39 is 21.9 Å². The van der Waals surface area contributed by atoms with Crippen molar-refractivity contribution in [1.82, 2.24) is 9.55 Å². The van der Waals surface area contributed by atoms with Gasteiger partial charge in [-0.05, 0) is 31.2 Å². The van der Waals surface area contributed by atoms with Crippen LogP contribution in [0.25, 0.3) is 11.3 Å². The maximum atomic E-state index is 13.2. The summed E-state index contributed by atoms with van der Waals surface area (Å²) in [5.74, 6) is 0.0454. The summed E-state index contributed by atoms with van der Waals surface area (Å²) in [5, 5.41) is 5.06. The number of sulfonamides is 1. The average Bonchev–Trinajstić information content (AvgIpc) is 2.92. The van der Waals surface area contributed by atoms with E-state index in [0.29, 0.717) is 17.7 Å². The lowest BCUT2D eigenvalue weighted by Gasteiger charge is -2.09. The molecule has 0 bridgehead atoms. The van der Waals surface area contributed by atoms with E-state index >= 15 is 0 Å². The quantitative estimate of drug-likeness (QED) is 0.863. The molecule has 2 N–H and O–H groups in total. The second-order valence-corrected chi connectivity index (χ2v) is 7.53. The molecule has 2 aromatic rings. The summed E-state index contributed by atoms with van der Waals surface area (Å²) >= 11 is 0. The number of aliphatic imine (C=N–C) groups is 1. The first-order chi connectivity index (χ1) is 12.6. The zero-order valence-corrected chi connectivity index (χ0v) is 14.9. The summed E-state index contributed by atoms with van der Waals surface area (Å²) < 4.78 is 63.6. The number of hydrogen-bond acceptors (Lipinski definition) is 4. The summed E-state index contributed by atoms with van der Waals surface area (Å²) in [4.78, 5) is 7.66. The molecule has 2 heterocycles. The van der Waals surface area contributed by atoms with E-state index in [9.17, 15) is 21.6 Å². The molecule has 1 aliphatic rings. The Bertz CT molecular complexity index is 1060. The van der Waals surface area contributed by atoms with Crippen molar-refractivity contribution in [2.75, 3.05) is 0 Å². The second kappa shape index (κ2) is 6.78. The van der Waals surface area contributed by atoms with Crippen LogP contribution in [-0.2, 0) is 16.2 Å². The third-order valence-corrected chi connectivity index (χ3v) is 4.76. The highest BCUT2D eigenvalue weighted by Gasteiger charge is 2.35. The Hall–Kier alpha value is -2.72. The average molecular weight is 396 g/mol. The molecular formula is C17H15F3N4O2S. The number of hydrogen-bond donors (Lipinski definition) is 1. The number of rotatable bonds is 3. The van der Waals surface area contributed by atoms with Crippen molar-refractivity contribution in [3.63, 3.8) is 0 Å². The lowest BCUT2D eigenvalue weighted by molar-refractivity contribution is -0.140. The summed E-state index contributed by atoms with van der Waals surface area (Å²) in [6, 6.07) is 5.18. The van der Waals surface area contributed by atoms with Crippen LogP contribution < -0.4 is 5.14 Å². The van der Waals surface area contributed by atoms with Crippen molar-refractivity contribution in [2.45, 2.75) is 24.4 Å². The molecule has 0 saturated heterocycles. The van der Waals surface area contributed by atoms with Gasteiger partial charge < -0.3 is 0 Å². The minimum absolute atomic E-state index is 0.0454. The highest BCUT2D eigenvalue weighted by atomic mass is 32.2. The van der Waals surface area contributed by atoms with Gasteiger partial charge in [-0.25, -0.2) is 18.5 Å². The molecule has 0 fully saturated rings. The van der Waals surface area contributed by atoms with Gasteiger partial charge in [0.2, 0.25) is 10.0 Å². The second-order valence-electron chi connectivity index (χ2n) is 5.97. The van der Waals surface area contributed by atoms with Gasteiger partial charge in [0.05, 0.1) is 4.90 Å². The number of alkyl halides is 3. The van der Waals surface area contributed by atoms with Crippen LogP contribution in [0.3, 0.4) is 0 Å². The van der Waals surface area contributed by atoms with Crippen LogP contribution in [0.2, 0.25) is 0 Å². The Kier molecular flexibility index (Phi) is 4.79. The standard InChI is InChI=1S/C17H15F3N4O2S/c1-11-6-7-22-9-12(8-11)16-23-15(17(18,19)20)10-24(16)13-2-4-14(5-3-13)27(21,25)26/h2-5,7-10H,6H2,1H3,(H2,21,25,26). The fourth-order valence-corrected chi connectivity index (χ4v) is 3.04. The van der Waals surface area contributed by atoms with Gasteiger partial charge in [0.15, 0.2) is 5.69 Å². The van der Waals surface area contributed by atoms with Crippen LogP contribution in [0, 0.1) is 0 Å². The first kappa shape index (κ1) is 19.1. The van der Waals surface area contributed by atoms with Crippen molar-refractivity contribution in [3.05, 3.63) is 59.8 Å². The molecule has 1 aromatic carbocycles. The predicted molar refractivity (Wildman–Crippen MR) is 94.8 cm³/mol. The van der Waals surface area contributed by atoms with Crippen LogP contribution in [-0.4, -0.2) is 24.2 Å². The van der Waals surface area contributed by atoms with Gasteiger partial charge in [0, 0.05) is 36.3 Å².